The maximum atomic E-state index is 15.0. The molecule has 3 aromatic carbocycles. The highest BCUT2D eigenvalue weighted by molar-refractivity contribution is 6.31. The molecule has 11 nitrogen and oxygen atoms in total. The first-order chi connectivity index (χ1) is 22.1. The summed E-state index contributed by atoms with van der Waals surface area (Å²) in [5, 5.41) is 17.6. The van der Waals surface area contributed by atoms with Crippen LogP contribution in [0.2, 0.25) is 5.02 Å². The molecule has 0 bridgehead atoms. The Morgan fingerprint density at radius 2 is 1.96 bits per heavy atom. The fourth-order valence-corrected chi connectivity index (χ4v) is 5.33. The van der Waals surface area contributed by atoms with Crippen molar-refractivity contribution in [3.05, 3.63) is 88.5 Å². The van der Waals surface area contributed by atoms with Crippen LogP contribution < -0.4 is 25.0 Å². The smallest absolute Gasteiger partial charge is 0.323 e. The molecule has 0 aliphatic carbocycles. The molecule has 0 radical (unpaired) electrons. The number of para-hydroxylation sites is 1. The van der Waals surface area contributed by atoms with Gasteiger partial charge < -0.3 is 30.1 Å². The van der Waals surface area contributed by atoms with Gasteiger partial charge in [-0.05, 0) is 55.7 Å². The SMILES string of the molecule is Cc1cccc(OCCCC(=O)N2CCOc3c(-c4cnn(Cc5c(F)cc(NC(=O)NCC(=O)O)cc5Cl)c4)cccc32)c1C. The van der Waals surface area contributed by atoms with Crippen molar-refractivity contribution < 1.29 is 33.4 Å². The number of aliphatic carboxylic acids is 1. The predicted molar refractivity (Wildman–Crippen MR) is 171 cm³/mol. The summed E-state index contributed by atoms with van der Waals surface area (Å²) in [5.41, 5.74) is 4.57. The molecule has 3 N–H and O–H groups in total. The predicted octanol–water partition coefficient (Wildman–Crippen LogP) is 5.80. The number of aryl methyl sites for hydroxylation is 1. The fraction of sp³-hybridized carbons (Fsp3) is 0.273. The highest BCUT2D eigenvalue weighted by atomic mass is 35.5. The van der Waals surface area contributed by atoms with Crippen LogP contribution >= 0.6 is 11.6 Å². The second-order valence-corrected chi connectivity index (χ2v) is 11.2. The lowest BCUT2D eigenvalue weighted by molar-refractivity contribution is -0.135. The van der Waals surface area contributed by atoms with E-state index in [4.69, 9.17) is 26.2 Å². The summed E-state index contributed by atoms with van der Waals surface area (Å²) in [6.45, 7) is 4.65. The molecule has 3 amide bonds. The topological polar surface area (TPSA) is 135 Å². The van der Waals surface area contributed by atoms with Crippen LogP contribution in [0.4, 0.5) is 20.6 Å². The lowest BCUT2D eigenvalue weighted by Gasteiger charge is -2.31. The van der Waals surface area contributed by atoms with Gasteiger partial charge in [0.1, 0.15) is 24.7 Å². The average molecular weight is 650 g/mol. The number of amides is 3. The number of anilines is 2. The van der Waals surface area contributed by atoms with Crippen LogP contribution in [0.1, 0.15) is 29.5 Å². The minimum absolute atomic E-state index is 0.000789. The minimum atomic E-state index is -1.22. The molecule has 0 spiro atoms. The van der Waals surface area contributed by atoms with E-state index in [-0.39, 0.29) is 28.7 Å². The standard InChI is InChI=1S/C33H33ClFN5O6/c1-20-6-3-9-29(21(20)2)45-12-5-10-30(41)40-11-13-46-32-24(7-4-8-28(32)40)22-16-37-39(18-22)19-25-26(34)14-23(15-27(25)35)38-33(44)36-17-31(42)43/h3-4,6-9,14-16,18H,5,10-13,17,19H2,1-2H3,(H,42,43)(H2,36,38,44). The van der Waals surface area contributed by atoms with Crippen molar-refractivity contribution in [2.75, 3.05) is 36.5 Å². The number of aromatic nitrogens is 2. The van der Waals surface area contributed by atoms with Gasteiger partial charge in [0.05, 0.1) is 36.6 Å². The Balaban J connectivity index is 1.24. The molecule has 240 valence electrons. The third-order valence-corrected chi connectivity index (χ3v) is 7.90. The van der Waals surface area contributed by atoms with E-state index in [2.05, 4.69) is 15.7 Å². The minimum Gasteiger partial charge on any atom is -0.493 e. The summed E-state index contributed by atoms with van der Waals surface area (Å²) in [6, 6.07) is 13.1. The number of rotatable bonds is 11. The highest BCUT2D eigenvalue weighted by Crippen LogP contribution is 2.41. The van der Waals surface area contributed by atoms with E-state index in [1.165, 1.54) is 10.7 Å². The average Bonchev–Trinajstić information content (AvgIpc) is 3.50. The monoisotopic (exact) mass is 649 g/mol. The number of benzene rings is 3. The van der Waals surface area contributed by atoms with Crippen LogP contribution in [0.3, 0.4) is 0 Å². The Kier molecular flexibility index (Phi) is 10.1. The van der Waals surface area contributed by atoms with Gasteiger partial charge >= 0.3 is 12.0 Å². The summed E-state index contributed by atoms with van der Waals surface area (Å²) in [4.78, 5) is 37.5. The van der Waals surface area contributed by atoms with Crippen molar-refractivity contribution in [3.8, 4) is 22.6 Å². The lowest BCUT2D eigenvalue weighted by atomic mass is 10.1. The highest BCUT2D eigenvalue weighted by Gasteiger charge is 2.26. The van der Waals surface area contributed by atoms with Crippen molar-refractivity contribution in [2.24, 2.45) is 0 Å². The number of nitrogens with one attached hydrogen (secondary N) is 2. The van der Waals surface area contributed by atoms with Crippen LogP contribution in [-0.4, -0.2) is 59.1 Å². The summed E-state index contributed by atoms with van der Waals surface area (Å²) in [5.74, 6) is -0.523. The number of hydrogen-bond acceptors (Lipinski definition) is 6. The number of fused-ring (bicyclic) bond motifs is 1. The molecule has 0 fully saturated rings. The number of nitrogens with zero attached hydrogens (tertiary/aromatic N) is 3. The van der Waals surface area contributed by atoms with Gasteiger partial charge in [-0.15, -0.1) is 0 Å². The summed E-state index contributed by atoms with van der Waals surface area (Å²) < 4.78 is 28.5. The third kappa shape index (κ3) is 7.57. The largest absolute Gasteiger partial charge is 0.493 e. The van der Waals surface area contributed by atoms with Crippen molar-refractivity contribution in [2.45, 2.75) is 33.2 Å². The molecule has 0 atom stereocenters. The Hall–Kier alpha value is -5.10. The van der Waals surface area contributed by atoms with Crippen molar-refractivity contribution >= 4 is 40.9 Å². The molecule has 1 aliphatic heterocycles. The van der Waals surface area contributed by atoms with Gasteiger partial charge in [-0.3, -0.25) is 14.3 Å². The lowest BCUT2D eigenvalue weighted by Crippen LogP contribution is -2.38. The molecular formula is C33H33ClFN5O6. The Labute approximate surface area is 269 Å². The Bertz CT molecular complexity index is 1750. The molecule has 0 saturated heterocycles. The van der Waals surface area contributed by atoms with Crippen LogP contribution in [-0.2, 0) is 16.1 Å². The third-order valence-electron chi connectivity index (χ3n) is 7.56. The molecule has 5 rings (SSSR count). The molecule has 4 aromatic rings. The van der Waals surface area contributed by atoms with E-state index in [1.54, 1.807) is 17.3 Å². The quantitative estimate of drug-likeness (QED) is 0.175. The first-order valence-electron chi connectivity index (χ1n) is 14.6. The number of carbonyl (C=O) groups excluding carboxylic acids is 2. The van der Waals surface area contributed by atoms with Gasteiger partial charge in [-0.1, -0.05) is 35.9 Å². The van der Waals surface area contributed by atoms with E-state index >= 15 is 4.39 Å². The van der Waals surface area contributed by atoms with Crippen molar-refractivity contribution in [3.63, 3.8) is 0 Å². The van der Waals surface area contributed by atoms with Crippen molar-refractivity contribution in [1.29, 1.82) is 0 Å². The molecule has 1 aromatic heterocycles. The first-order valence-corrected chi connectivity index (χ1v) is 15.0. The second kappa shape index (κ2) is 14.3. The van der Waals surface area contributed by atoms with Gasteiger partial charge in [0, 0.05) is 35.0 Å². The second-order valence-electron chi connectivity index (χ2n) is 10.7. The molecule has 0 saturated carbocycles. The van der Waals surface area contributed by atoms with E-state index in [9.17, 15) is 14.4 Å². The van der Waals surface area contributed by atoms with E-state index in [0.29, 0.717) is 49.6 Å². The number of carboxylic acids is 1. The number of ether oxygens (including phenoxy) is 2. The number of urea groups is 1. The van der Waals surface area contributed by atoms with Gasteiger partial charge in [-0.2, -0.15) is 5.10 Å². The normalized spacial score (nSPS) is 12.2. The first kappa shape index (κ1) is 32.3. The zero-order chi connectivity index (χ0) is 32.8. The molecule has 46 heavy (non-hydrogen) atoms. The number of hydrogen-bond donors (Lipinski definition) is 3. The number of halogens is 2. The molecule has 0 unspecified atom stereocenters. The Morgan fingerprint density at radius 3 is 2.74 bits per heavy atom. The maximum Gasteiger partial charge on any atom is 0.323 e. The zero-order valence-corrected chi connectivity index (χ0v) is 26.1. The number of carboxylic acid groups (broad SMARTS) is 1. The molecular weight excluding hydrogens is 617 g/mol. The van der Waals surface area contributed by atoms with E-state index in [0.717, 1.165) is 28.5 Å². The number of carbonyl (C=O) groups is 3. The Morgan fingerprint density at radius 1 is 1.15 bits per heavy atom. The maximum absolute atomic E-state index is 15.0. The van der Waals surface area contributed by atoms with Gasteiger partial charge in [0.25, 0.3) is 0 Å². The summed E-state index contributed by atoms with van der Waals surface area (Å²) in [7, 11) is 0. The summed E-state index contributed by atoms with van der Waals surface area (Å²) in [6.07, 6.45) is 4.24. The van der Waals surface area contributed by atoms with Crippen LogP contribution in [0.15, 0.2) is 60.9 Å². The molecule has 2 heterocycles. The van der Waals surface area contributed by atoms with E-state index in [1.807, 2.05) is 50.2 Å². The van der Waals surface area contributed by atoms with Crippen LogP contribution in [0.5, 0.6) is 11.5 Å². The molecule has 1 aliphatic rings. The van der Waals surface area contributed by atoms with Crippen LogP contribution in [0.25, 0.3) is 11.1 Å². The van der Waals surface area contributed by atoms with Gasteiger partial charge in [0.15, 0.2) is 5.75 Å². The molecule has 13 heteroatoms. The summed E-state index contributed by atoms with van der Waals surface area (Å²) >= 11 is 6.34. The van der Waals surface area contributed by atoms with Crippen molar-refractivity contribution in [1.82, 2.24) is 15.1 Å². The van der Waals surface area contributed by atoms with E-state index < -0.39 is 24.4 Å². The van der Waals surface area contributed by atoms with Gasteiger partial charge in [-0.25, -0.2) is 9.18 Å². The van der Waals surface area contributed by atoms with Crippen LogP contribution in [0, 0.1) is 19.7 Å². The van der Waals surface area contributed by atoms with Gasteiger partial charge in [0.2, 0.25) is 5.91 Å². The fourth-order valence-electron chi connectivity index (χ4n) is 5.06. The zero-order valence-electron chi connectivity index (χ0n) is 25.3.